The van der Waals surface area contributed by atoms with E-state index in [4.69, 9.17) is 0 Å². The van der Waals surface area contributed by atoms with Gasteiger partial charge in [0.15, 0.2) is 5.96 Å². The molecule has 1 aliphatic rings. The van der Waals surface area contributed by atoms with Crippen molar-refractivity contribution in [1.29, 1.82) is 0 Å². The summed E-state index contributed by atoms with van der Waals surface area (Å²) in [6.07, 6.45) is 6.39. The largest absolute Gasteiger partial charge is 0.357 e. The quantitative estimate of drug-likeness (QED) is 0.463. The summed E-state index contributed by atoms with van der Waals surface area (Å²) >= 11 is 0. The highest BCUT2D eigenvalue weighted by Crippen LogP contribution is 2.23. The SMILES string of the molecule is CCCN=C(NCC)NC1CCC(C)CC1.I. The Labute approximate surface area is 123 Å². The first kappa shape index (κ1) is 17.0. The Morgan fingerprint density at radius 3 is 2.35 bits per heavy atom. The van der Waals surface area contributed by atoms with Gasteiger partial charge in [0.05, 0.1) is 0 Å². The van der Waals surface area contributed by atoms with Crippen LogP contribution in [0.3, 0.4) is 0 Å². The van der Waals surface area contributed by atoms with E-state index >= 15 is 0 Å². The van der Waals surface area contributed by atoms with Crippen LogP contribution in [0.15, 0.2) is 4.99 Å². The van der Waals surface area contributed by atoms with Crippen molar-refractivity contribution >= 4 is 29.9 Å². The lowest BCUT2D eigenvalue weighted by molar-refractivity contribution is 0.329. The number of rotatable bonds is 4. The minimum atomic E-state index is 0. The number of hydrogen-bond acceptors (Lipinski definition) is 1. The minimum Gasteiger partial charge on any atom is -0.357 e. The van der Waals surface area contributed by atoms with E-state index in [1.54, 1.807) is 0 Å². The van der Waals surface area contributed by atoms with E-state index in [2.05, 4.69) is 36.4 Å². The normalized spacial score (nSPS) is 25.0. The van der Waals surface area contributed by atoms with Gasteiger partial charge in [0, 0.05) is 19.1 Å². The van der Waals surface area contributed by atoms with Crippen LogP contribution in [-0.2, 0) is 0 Å². The Bertz CT molecular complexity index is 211. The van der Waals surface area contributed by atoms with E-state index in [-0.39, 0.29) is 24.0 Å². The van der Waals surface area contributed by atoms with Crippen LogP contribution in [0.4, 0.5) is 0 Å². The van der Waals surface area contributed by atoms with Gasteiger partial charge in [-0.05, 0) is 44.9 Å². The zero-order valence-corrected chi connectivity index (χ0v) is 13.8. The molecular formula is C13H28IN3. The second kappa shape index (κ2) is 9.97. The van der Waals surface area contributed by atoms with Gasteiger partial charge < -0.3 is 10.6 Å². The fourth-order valence-corrected chi connectivity index (χ4v) is 2.14. The highest BCUT2D eigenvalue weighted by molar-refractivity contribution is 14.0. The molecule has 2 N–H and O–H groups in total. The fourth-order valence-electron chi connectivity index (χ4n) is 2.14. The van der Waals surface area contributed by atoms with Gasteiger partial charge in [-0.2, -0.15) is 0 Å². The van der Waals surface area contributed by atoms with Gasteiger partial charge in [-0.1, -0.05) is 13.8 Å². The molecule has 0 aromatic carbocycles. The number of hydrogen-bond donors (Lipinski definition) is 2. The Balaban J connectivity index is 0.00000256. The van der Waals surface area contributed by atoms with Crippen LogP contribution in [0, 0.1) is 5.92 Å². The molecule has 1 aliphatic carbocycles. The summed E-state index contributed by atoms with van der Waals surface area (Å²) < 4.78 is 0. The van der Waals surface area contributed by atoms with E-state index < -0.39 is 0 Å². The molecule has 0 aromatic rings. The third-order valence-electron chi connectivity index (χ3n) is 3.19. The van der Waals surface area contributed by atoms with Crippen molar-refractivity contribution in [3.63, 3.8) is 0 Å². The molecule has 1 fully saturated rings. The van der Waals surface area contributed by atoms with Crippen molar-refractivity contribution in [2.24, 2.45) is 10.9 Å². The summed E-state index contributed by atoms with van der Waals surface area (Å²) in [5.74, 6) is 1.91. The topological polar surface area (TPSA) is 36.4 Å². The van der Waals surface area contributed by atoms with Crippen LogP contribution in [0.1, 0.15) is 52.9 Å². The molecule has 0 heterocycles. The first-order chi connectivity index (χ1) is 7.76. The molecule has 17 heavy (non-hydrogen) atoms. The second-order valence-electron chi connectivity index (χ2n) is 4.86. The van der Waals surface area contributed by atoms with Crippen molar-refractivity contribution in [2.75, 3.05) is 13.1 Å². The van der Waals surface area contributed by atoms with Crippen LogP contribution in [0.2, 0.25) is 0 Å². The summed E-state index contributed by atoms with van der Waals surface area (Å²) in [5, 5.41) is 6.87. The minimum absolute atomic E-state index is 0. The number of guanidine groups is 1. The molecule has 0 radical (unpaired) electrons. The lowest BCUT2D eigenvalue weighted by Gasteiger charge is -2.28. The van der Waals surface area contributed by atoms with Crippen molar-refractivity contribution in [3.8, 4) is 0 Å². The van der Waals surface area contributed by atoms with Crippen LogP contribution in [-0.4, -0.2) is 25.1 Å². The third kappa shape index (κ3) is 7.11. The molecule has 1 rings (SSSR count). The molecular weight excluding hydrogens is 325 g/mol. The Morgan fingerprint density at radius 1 is 1.18 bits per heavy atom. The lowest BCUT2D eigenvalue weighted by Crippen LogP contribution is -2.44. The maximum absolute atomic E-state index is 4.54. The van der Waals surface area contributed by atoms with Gasteiger partial charge in [0.1, 0.15) is 0 Å². The first-order valence-corrected chi connectivity index (χ1v) is 6.81. The summed E-state index contributed by atoms with van der Waals surface area (Å²) in [7, 11) is 0. The Kier molecular flexibility index (Phi) is 9.97. The first-order valence-electron chi connectivity index (χ1n) is 6.81. The molecule has 0 amide bonds. The fraction of sp³-hybridized carbons (Fsp3) is 0.923. The lowest BCUT2D eigenvalue weighted by atomic mass is 9.87. The molecule has 0 aliphatic heterocycles. The molecule has 0 atom stereocenters. The summed E-state index contributed by atoms with van der Waals surface area (Å²) in [5.41, 5.74) is 0. The highest BCUT2D eigenvalue weighted by atomic mass is 127. The highest BCUT2D eigenvalue weighted by Gasteiger charge is 2.18. The predicted molar refractivity (Wildman–Crippen MR) is 86.2 cm³/mol. The maximum atomic E-state index is 4.54. The predicted octanol–water partition coefficient (Wildman–Crippen LogP) is 3.15. The van der Waals surface area contributed by atoms with Gasteiger partial charge in [-0.15, -0.1) is 24.0 Å². The van der Waals surface area contributed by atoms with Gasteiger partial charge in [0.25, 0.3) is 0 Å². The van der Waals surface area contributed by atoms with E-state index in [1.165, 1.54) is 25.7 Å². The number of nitrogens with one attached hydrogen (secondary N) is 2. The van der Waals surface area contributed by atoms with Crippen LogP contribution in [0.25, 0.3) is 0 Å². The van der Waals surface area contributed by atoms with Crippen molar-refractivity contribution in [2.45, 2.75) is 58.9 Å². The molecule has 0 saturated heterocycles. The van der Waals surface area contributed by atoms with Gasteiger partial charge in [0.2, 0.25) is 0 Å². The smallest absolute Gasteiger partial charge is 0.191 e. The molecule has 0 unspecified atom stereocenters. The van der Waals surface area contributed by atoms with Gasteiger partial charge in [-0.3, -0.25) is 4.99 Å². The zero-order valence-electron chi connectivity index (χ0n) is 11.5. The Hall–Kier alpha value is 0. The summed E-state index contributed by atoms with van der Waals surface area (Å²) in [6, 6.07) is 0.630. The third-order valence-corrected chi connectivity index (χ3v) is 3.19. The average Bonchev–Trinajstić information content (AvgIpc) is 2.29. The molecule has 0 spiro atoms. The molecule has 102 valence electrons. The second-order valence-corrected chi connectivity index (χ2v) is 4.86. The number of halogens is 1. The van der Waals surface area contributed by atoms with E-state index in [1.807, 2.05) is 0 Å². The molecule has 0 aromatic heterocycles. The number of nitrogens with zero attached hydrogens (tertiary/aromatic N) is 1. The van der Waals surface area contributed by atoms with E-state index in [0.29, 0.717) is 6.04 Å². The zero-order chi connectivity index (χ0) is 11.8. The monoisotopic (exact) mass is 353 g/mol. The average molecular weight is 353 g/mol. The van der Waals surface area contributed by atoms with E-state index in [0.717, 1.165) is 31.4 Å². The van der Waals surface area contributed by atoms with Crippen molar-refractivity contribution in [3.05, 3.63) is 0 Å². The van der Waals surface area contributed by atoms with Crippen molar-refractivity contribution in [1.82, 2.24) is 10.6 Å². The van der Waals surface area contributed by atoms with E-state index in [9.17, 15) is 0 Å². The van der Waals surface area contributed by atoms with Crippen LogP contribution < -0.4 is 10.6 Å². The van der Waals surface area contributed by atoms with Gasteiger partial charge in [-0.25, -0.2) is 0 Å². The maximum Gasteiger partial charge on any atom is 0.191 e. The molecule has 0 bridgehead atoms. The number of aliphatic imine (C=N–C) groups is 1. The standard InChI is InChI=1S/C13H27N3.HI/c1-4-10-15-13(14-5-2)16-12-8-6-11(3)7-9-12;/h11-12H,4-10H2,1-3H3,(H2,14,15,16);1H. The Morgan fingerprint density at radius 2 is 1.82 bits per heavy atom. The molecule has 1 saturated carbocycles. The molecule has 4 heteroatoms. The van der Waals surface area contributed by atoms with Crippen molar-refractivity contribution < 1.29 is 0 Å². The van der Waals surface area contributed by atoms with Gasteiger partial charge >= 0.3 is 0 Å². The van der Waals surface area contributed by atoms with Crippen LogP contribution in [0.5, 0.6) is 0 Å². The summed E-state index contributed by atoms with van der Waals surface area (Å²) in [4.78, 5) is 4.54. The molecule has 3 nitrogen and oxygen atoms in total. The summed E-state index contributed by atoms with van der Waals surface area (Å²) in [6.45, 7) is 8.49. The van der Waals surface area contributed by atoms with Crippen LogP contribution >= 0.6 is 24.0 Å².